The summed E-state index contributed by atoms with van der Waals surface area (Å²) in [7, 11) is 0. The van der Waals surface area contributed by atoms with Crippen LogP contribution in [0.2, 0.25) is 0 Å². The van der Waals surface area contributed by atoms with E-state index in [0.717, 1.165) is 72.5 Å². The number of morpholine rings is 1. The molecule has 0 aromatic carbocycles. The normalized spacial score (nSPS) is 22.6. The van der Waals surface area contributed by atoms with Crippen LogP contribution in [0.5, 0.6) is 0 Å². The minimum atomic E-state index is 0.410. The van der Waals surface area contributed by atoms with Crippen LogP contribution < -0.4 is 10.6 Å². The Balaban J connectivity index is 1.30. The molecule has 3 aromatic heterocycles. The Morgan fingerprint density at radius 2 is 1.94 bits per heavy atom. The number of nitrogens with zero attached hydrogens (tertiary/aromatic N) is 6. The molecule has 166 valence electrons. The zero-order chi connectivity index (χ0) is 21.2. The molecule has 0 bridgehead atoms. The highest BCUT2D eigenvalue weighted by Crippen LogP contribution is 2.31. The first kappa shape index (κ1) is 20.6. The summed E-state index contributed by atoms with van der Waals surface area (Å²) < 4.78 is 7.39. The molecule has 0 unspecified atom stereocenters. The topological polar surface area (TPSA) is 93.0 Å². The third kappa shape index (κ3) is 4.65. The number of fused-ring (bicyclic) bond motifs is 1. The number of hydrogen-bond acceptors (Lipinski definition) is 9. The van der Waals surface area contributed by atoms with E-state index in [-0.39, 0.29) is 0 Å². The second-order valence-corrected chi connectivity index (χ2v) is 9.47. The van der Waals surface area contributed by atoms with Gasteiger partial charge in [0.25, 0.3) is 0 Å². The van der Waals surface area contributed by atoms with Crippen molar-refractivity contribution in [2.75, 3.05) is 36.9 Å². The molecule has 0 radical (unpaired) electrons. The zero-order valence-corrected chi connectivity index (χ0v) is 19.0. The molecule has 2 fully saturated rings. The molecule has 1 aliphatic heterocycles. The standard InChI is InChI=1S/C21H30N8OS/c1-3-29-13-16(12-22-29)25-21-26-19(18-20(27-21)31-14(2)23-18)24-15-4-6-17(7-5-15)28-8-10-30-11-9-28/h12-13,15,17H,3-11H2,1-2H3,(H2,24,25,26,27)/t15-,17-. The summed E-state index contributed by atoms with van der Waals surface area (Å²) in [6, 6.07) is 1.09. The first-order chi connectivity index (χ1) is 15.2. The van der Waals surface area contributed by atoms with Crippen LogP contribution in [0.25, 0.3) is 10.3 Å². The summed E-state index contributed by atoms with van der Waals surface area (Å²) in [5.74, 6) is 1.41. The Morgan fingerprint density at radius 3 is 2.68 bits per heavy atom. The Hall–Kier alpha value is -2.30. The van der Waals surface area contributed by atoms with Gasteiger partial charge in [0.05, 0.1) is 30.1 Å². The predicted molar refractivity (Wildman–Crippen MR) is 123 cm³/mol. The highest BCUT2D eigenvalue weighted by molar-refractivity contribution is 7.18. The van der Waals surface area contributed by atoms with Gasteiger partial charge in [0.1, 0.15) is 5.52 Å². The van der Waals surface area contributed by atoms with E-state index in [9.17, 15) is 0 Å². The number of rotatable bonds is 6. The van der Waals surface area contributed by atoms with E-state index in [1.165, 1.54) is 12.8 Å². The molecule has 31 heavy (non-hydrogen) atoms. The number of thiazole rings is 1. The van der Waals surface area contributed by atoms with Crippen molar-refractivity contribution in [1.82, 2.24) is 29.6 Å². The van der Waals surface area contributed by atoms with Gasteiger partial charge < -0.3 is 15.4 Å². The van der Waals surface area contributed by atoms with Gasteiger partial charge >= 0.3 is 0 Å². The van der Waals surface area contributed by atoms with Gasteiger partial charge in [0, 0.05) is 37.9 Å². The van der Waals surface area contributed by atoms with Gasteiger partial charge in [-0.15, -0.1) is 0 Å². The second kappa shape index (κ2) is 9.05. The summed E-state index contributed by atoms with van der Waals surface area (Å²) in [5.41, 5.74) is 1.76. The van der Waals surface area contributed by atoms with Gasteiger partial charge in [-0.3, -0.25) is 9.58 Å². The SMILES string of the molecule is CCn1cc(Nc2nc(N[C@H]3CC[C@H](N4CCOCC4)CC3)c3nc(C)sc3n2)cn1. The van der Waals surface area contributed by atoms with Gasteiger partial charge in [-0.1, -0.05) is 11.3 Å². The van der Waals surface area contributed by atoms with Gasteiger partial charge in [0.15, 0.2) is 10.6 Å². The summed E-state index contributed by atoms with van der Waals surface area (Å²) >= 11 is 1.60. The van der Waals surface area contributed by atoms with Crippen LogP contribution in [0.15, 0.2) is 12.4 Å². The van der Waals surface area contributed by atoms with Crippen molar-refractivity contribution < 1.29 is 4.74 Å². The molecule has 1 aliphatic carbocycles. The largest absolute Gasteiger partial charge is 0.379 e. The van der Waals surface area contributed by atoms with E-state index < -0.39 is 0 Å². The quantitative estimate of drug-likeness (QED) is 0.600. The molecule has 0 amide bonds. The molecule has 9 nitrogen and oxygen atoms in total. The number of hydrogen-bond donors (Lipinski definition) is 2. The molecular weight excluding hydrogens is 412 g/mol. The molecule has 1 saturated heterocycles. The van der Waals surface area contributed by atoms with Gasteiger partial charge in [-0.05, 0) is 39.5 Å². The number of anilines is 3. The van der Waals surface area contributed by atoms with Crippen molar-refractivity contribution in [3.05, 3.63) is 17.4 Å². The lowest BCUT2D eigenvalue weighted by molar-refractivity contribution is 0.00791. The maximum absolute atomic E-state index is 5.51. The summed E-state index contributed by atoms with van der Waals surface area (Å²) in [6.45, 7) is 8.78. The van der Waals surface area contributed by atoms with E-state index in [1.54, 1.807) is 17.5 Å². The number of ether oxygens (including phenoxy) is 1. The van der Waals surface area contributed by atoms with Gasteiger partial charge in [0.2, 0.25) is 5.95 Å². The fraction of sp³-hybridized carbons (Fsp3) is 0.619. The first-order valence-corrected chi connectivity index (χ1v) is 12.0. The maximum atomic E-state index is 5.51. The van der Waals surface area contributed by atoms with Gasteiger partial charge in [-0.25, -0.2) is 4.98 Å². The average molecular weight is 443 g/mol. The third-order valence-corrected chi connectivity index (χ3v) is 7.04. The minimum Gasteiger partial charge on any atom is -0.379 e. The van der Waals surface area contributed by atoms with Crippen LogP contribution in [-0.2, 0) is 11.3 Å². The van der Waals surface area contributed by atoms with E-state index >= 15 is 0 Å². The predicted octanol–water partition coefficient (Wildman–Crippen LogP) is 3.41. The number of aromatic nitrogens is 5. The van der Waals surface area contributed by atoms with Crippen molar-refractivity contribution in [3.8, 4) is 0 Å². The van der Waals surface area contributed by atoms with Crippen LogP contribution in [0.1, 0.15) is 37.6 Å². The Kier molecular flexibility index (Phi) is 6.02. The molecule has 2 aliphatic rings. The molecule has 3 aromatic rings. The molecule has 10 heteroatoms. The highest BCUT2D eigenvalue weighted by atomic mass is 32.1. The van der Waals surface area contributed by atoms with Crippen LogP contribution in [0.3, 0.4) is 0 Å². The Labute approximate surface area is 186 Å². The number of nitrogens with one attached hydrogen (secondary N) is 2. The molecule has 5 rings (SSSR count). The summed E-state index contributed by atoms with van der Waals surface area (Å²) in [5, 5.41) is 12.3. The lowest BCUT2D eigenvalue weighted by Crippen LogP contribution is -2.46. The third-order valence-electron chi connectivity index (χ3n) is 6.18. The van der Waals surface area contributed by atoms with E-state index in [2.05, 4.69) is 27.6 Å². The summed E-state index contributed by atoms with van der Waals surface area (Å²) in [6.07, 6.45) is 8.47. The van der Waals surface area contributed by atoms with Crippen molar-refractivity contribution in [1.29, 1.82) is 0 Å². The maximum Gasteiger partial charge on any atom is 0.230 e. The Bertz CT molecular complexity index is 1020. The van der Waals surface area contributed by atoms with E-state index in [1.807, 2.05) is 17.8 Å². The molecule has 0 spiro atoms. The lowest BCUT2D eigenvalue weighted by atomic mass is 9.90. The molecule has 1 saturated carbocycles. The van der Waals surface area contributed by atoms with Crippen molar-refractivity contribution >= 4 is 39.1 Å². The van der Waals surface area contributed by atoms with Crippen LogP contribution in [0, 0.1) is 6.92 Å². The number of aryl methyl sites for hydroxylation is 2. The zero-order valence-electron chi connectivity index (χ0n) is 18.2. The molecule has 0 atom stereocenters. The Morgan fingerprint density at radius 1 is 1.13 bits per heavy atom. The fourth-order valence-corrected chi connectivity index (χ4v) is 5.32. The summed E-state index contributed by atoms with van der Waals surface area (Å²) in [4.78, 5) is 17.7. The van der Waals surface area contributed by atoms with Gasteiger partial charge in [-0.2, -0.15) is 15.1 Å². The first-order valence-electron chi connectivity index (χ1n) is 11.2. The van der Waals surface area contributed by atoms with Crippen molar-refractivity contribution in [3.63, 3.8) is 0 Å². The van der Waals surface area contributed by atoms with Crippen LogP contribution in [-0.4, -0.2) is 68.0 Å². The lowest BCUT2D eigenvalue weighted by Gasteiger charge is -2.39. The van der Waals surface area contributed by atoms with Crippen LogP contribution in [0.4, 0.5) is 17.5 Å². The molecule has 2 N–H and O–H groups in total. The highest BCUT2D eigenvalue weighted by Gasteiger charge is 2.27. The fourth-order valence-electron chi connectivity index (χ4n) is 4.53. The van der Waals surface area contributed by atoms with E-state index in [4.69, 9.17) is 19.7 Å². The smallest absolute Gasteiger partial charge is 0.230 e. The van der Waals surface area contributed by atoms with E-state index in [0.29, 0.717) is 18.0 Å². The van der Waals surface area contributed by atoms with Crippen LogP contribution >= 0.6 is 11.3 Å². The molecule has 4 heterocycles. The van der Waals surface area contributed by atoms with Crippen molar-refractivity contribution in [2.45, 2.75) is 58.2 Å². The molecular formula is C21H30N8OS. The van der Waals surface area contributed by atoms with Crippen molar-refractivity contribution in [2.24, 2.45) is 0 Å². The monoisotopic (exact) mass is 442 g/mol. The average Bonchev–Trinajstić information content (AvgIpc) is 3.40. The minimum absolute atomic E-state index is 0.410. The second-order valence-electron chi connectivity index (χ2n) is 8.29.